The highest BCUT2D eigenvalue weighted by molar-refractivity contribution is 7.89. The third kappa shape index (κ3) is 5.23. The maximum atomic E-state index is 12.7. The molecule has 0 radical (unpaired) electrons. The van der Waals surface area contributed by atoms with Gasteiger partial charge < -0.3 is 5.32 Å². The van der Waals surface area contributed by atoms with Gasteiger partial charge in [-0.1, -0.05) is 41.9 Å². The van der Waals surface area contributed by atoms with Gasteiger partial charge in [0.15, 0.2) is 0 Å². The lowest BCUT2D eigenvalue weighted by atomic mass is 10.1. The molecule has 3 aromatic carbocycles. The summed E-state index contributed by atoms with van der Waals surface area (Å²) >= 11 is 5.84. The normalized spacial score (nSPS) is 12.4. The van der Waals surface area contributed by atoms with Gasteiger partial charge in [0.05, 0.1) is 4.90 Å². The first-order valence-electron chi connectivity index (χ1n) is 9.01. The van der Waals surface area contributed by atoms with Gasteiger partial charge in [0.1, 0.15) is 0 Å². The maximum Gasteiger partial charge on any atom is 0.255 e. The molecule has 0 unspecified atom stereocenters. The Morgan fingerprint density at radius 1 is 0.966 bits per heavy atom. The predicted molar refractivity (Wildman–Crippen MR) is 116 cm³/mol. The molecule has 7 heteroatoms. The molecule has 0 spiro atoms. The Bertz CT molecular complexity index is 1110. The molecule has 1 amide bonds. The summed E-state index contributed by atoms with van der Waals surface area (Å²) < 4.78 is 28.2. The number of hydrogen-bond acceptors (Lipinski definition) is 3. The molecule has 0 aliphatic heterocycles. The van der Waals surface area contributed by atoms with Crippen molar-refractivity contribution in [2.24, 2.45) is 0 Å². The molecule has 3 rings (SSSR count). The molecule has 0 bridgehead atoms. The van der Waals surface area contributed by atoms with Crippen LogP contribution in [0.3, 0.4) is 0 Å². The average Bonchev–Trinajstić information content (AvgIpc) is 2.70. The summed E-state index contributed by atoms with van der Waals surface area (Å²) in [4.78, 5) is 12.5. The second-order valence-electron chi connectivity index (χ2n) is 6.69. The number of nitrogens with one attached hydrogen (secondary N) is 2. The summed E-state index contributed by atoms with van der Waals surface area (Å²) in [6.07, 6.45) is 0. The molecule has 0 fully saturated rings. The van der Waals surface area contributed by atoms with Crippen molar-refractivity contribution in [2.75, 3.05) is 5.32 Å². The third-order valence-electron chi connectivity index (χ3n) is 4.49. The molecule has 0 aromatic heterocycles. The van der Waals surface area contributed by atoms with Crippen molar-refractivity contribution in [3.63, 3.8) is 0 Å². The van der Waals surface area contributed by atoms with E-state index in [0.29, 0.717) is 21.8 Å². The third-order valence-corrected chi connectivity index (χ3v) is 6.28. The van der Waals surface area contributed by atoms with Crippen LogP contribution in [0.4, 0.5) is 5.69 Å². The van der Waals surface area contributed by atoms with Crippen LogP contribution in [0.5, 0.6) is 0 Å². The number of hydrogen-bond donors (Lipinski definition) is 2. The molecule has 29 heavy (non-hydrogen) atoms. The van der Waals surface area contributed by atoms with Gasteiger partial charge in [-0.15, -0.1) is 0 Å². The predicted octanol–water partition coefficient (Wildman–Crippen LogP) is 4.94. The monoisotopic (exact) mass is 428 g/mol. The van der Waals surface area contributed by atoms with Crippen molar-refractivity contribution in [2.45, 2.75) is 24.8 Å². The number of aryl methyl sites for hydroxylation is 1. The van der Waals surface area contributed by atoms with Crippen LogP contribution in [0, 0.1) is 6.92 Å². The number of carbonyl (C=O) groups is 1. The van der Waals surface area contributed by atoms with Crippen molar-refractivity contribution in [1.82, 2.24) is 4.72 Å². The Hall–Kier alpha value is -2.67. The Labute approximate surface area is 175 Å². The smallest absolute Gasteiger partial charge is 0.255 e. The summed E-state index contributed by atoms with van der Waals surface area (Å²) in [6, 6.07) is 20.1. The second-order valence-corrected chi connectivity index (χ2v) is 8.84. The van der Waals surface area contributed by atoms with Gasteiger partial charge in [-0.25, -0.2) is 13.1 Å². The van der Waals surface area contributed by atoms with Crippen LogP contribution in [-0.2, 0) is 10.0 Å². The summed E-state index contributed by atoms with van der Waals surface area (Å²) in [5.41, 5.74) is 2.52. The molecule has 0 heterocycles. The summed E-state index contributed by atoms with van der Waals surface area (Å²) in [7, 11) is -3.71. The van der Waals surface area contributed by atoms with Crippen molar-refractivity contribution in [3.05, 3.63) is 94.5 Å². The molecular formula is C22H21ClN2O3S. The van der Waals surface area contributed by atoms with Crippen LogP contribution in [-0.4, -0.2) is 14.3 Å². The molecule has 1 atom stereocenters. The van der Waals surface area contributed by atoms with Gasteiger partial charge in [-0.2, -0.15) is 0 Å². The standard InChI is InChI=1S/C22H21ClN2O3S/c1-15-14-20(29(27,28)25-16(2)17-6-4-3-5-7-17)12-13-21(15)24-22(26)18-8-10-19(23)11-9-18/h3-14,16,25H,1-2H3,(H,24,26)/t16-/m1/s1. The number of halogens is 1. The highest BCUT2D eigenvalue weighted by Gasteiger charge is 2.19. The van der Waals surface area contributed by atoms with Gasteiger partial charge >= 0.3 is 0 Å². The molecule has 150 valence electrons. The maximum absolute atomic E-state index is 12.7. The van der Waals surface area contributed by atoms with Crippen LogP contribution in [0.1, 0.15) is 34.5 Å². The van der Waals surface area contributed by atoms with Crippen LogP contribution < -0.4 is 10.0 Å². The van der Waals surface area contributed by atoms with E-state index >= 15 is 0 Å². The van der Waals surface area contributed by atoms with Gasteiger partial charge in [-0.05, 0) is 67.4 Å². The van der Waals surface area contributed by atoms with Crippen LogP contribution in [0.15, 0.2) is 77.7 Å². The van der Waals surface area contributed by atoms with Crippen molar-refractivity contribution < 1.29 is 13.2 Å². The number of sulfonamides is 1. The topological polar surface area (TPSA) is 75.3 Å². The van der Waals surface area contributed by atoms with E-state index in [-0.39, 0.29) is 16.8 Å². The minimum Gasteiger partial charge on any atom is -0.322 e. The second kappa shape index (κ2) is 8.78. The minimum atomic E-state index is -3.71. The SMILES string of the molecule is Cc1cc(S(=O)(=O)N[C@H](C)c2ccccc2)ccc1NC(=O)c1ccc(Cl)cc1. The lowest BCUT2D eigenvalue weighted by Gasteiger charge is -2.16. The summed E-state index contributed by atoms with van der Waals surface area (Å²) in [5.74, 6) is -0.295. The highest BCUT2D eigenvalue weighted by atomic mass is 35.5. The van der Waals surface area contributed by atoms with E-state index in [1.54, 1.807) is 44.2 Å². The molecule has 3 aromatic rings. The van der Waals surface area contributed by atoms with Gasteiger partial charge in [0.2, 0.25) is 10.0 Å². The fraction of sp³-hybridized carbons (Fsp3) is 0.136. The Kier molecular flexibility index (Phi) is 6.37. The van der Waals surface area contributed by atoms with Crippen LogP contribution in [0.25, 0.3) is 0 Å². The zero-order valence-electron chi connectivity index (χ0n) is 16.0. The van der Waals surface area contributed by atoms with Gasteiger partial charge in [0, 0.05) is 22.3 Å². The number of anilines is 1. The van der Waals surface area contributed by atoms with E-state index in [4.69, 9.17) is 11.6 Å². The average molecular weight is 429 g/mol. The quantitative estimate of drug-likeness (QED) is 0.583. The first-order chi connectivity index (χ1) is 13.8. The van der Waals surface area contributed by atoms with Crippen LogP contribution >= 0.6 is 11.6 Å². The largest absolute Gasteiger partial charge is 0.322 e. The number of benzene rings is 3. The Balaban J connectivity index is 1.76. The van der Waals surface area contributed by atoms with E-state index in [1.165, 1.54) is 12.1 Å². The molecule has 0 saturated carbocycles. The van der Waals surface area contributed by atoms with Crippen molar-refractivity contribution in [1.29, 1.82) is 0 Å². The van der Waals surface area contributed by atoms with E-state index < -0.39 is 10.0 Å². The molecular weight excluding hydrogens is 408 g/mol. The molecule has 0 aliphatic rings. The Morgan fingerprint density at radius 3 is 2.24 bits per heavy atom. The molecule has 2 N–H and O–H groups in total. The van der Waals surface area contributed by atoms with Crippen LogP contribution in [0.2, 0.25) is 5.02 Å². The molecule has 0 saturated heterocycles. The van der Waals surface area contributed by atoms with Crippen molar-refractivity contribution >= 4 is 33.2 Å². The van der Waals surface area contributed by atoms with Gasteiger partial charge in [-0.3, -0.25) is 4.79 Å². The van der Waals surface area contributed by atoms with E-state index in [2.05, 4.69) is 10.0 Å². The zero-order valence-corrected chi connectivity index (χ0v) is 17.6. The van der Waals surface area contributed by atoms with Crippen molar-refractivity contribution in [3.8, 4) is 0 Å². The minimum absolute atomic E-state index is 0.141. The molecule has 0 aliphatic carbocycles. The van der Waals surface area contributed by atoms with E-state index in [0.717, 1.165) is 5.56 Å². The zero-order chi connectivity index (χ0) is 21.0. The van der Waals surface area contributed by atoms with E-state index in [1.807, 2.05) is 30.3 Å². The van der Waals surface area contributed by atoms with Gasteiger partial charge in [0.25, 0.3) is 5.91 Å². The first-order valence-corrected chi connectivity index (χ1v) is 10.9. The highest BCUT2D eigenvalue weighted by Crippen LogP contribution is 2.22. The fourth-order valence-electron chi connectivity index (χ4n) is 2.85. The lowest BCUT2D eigenvalue weighted by molar-refractivity contribution is 0.102. The lowest BCUT2D eigenvalue weighted by Crippen LogP contribution is -2.27. The number of rotatable bonds is 6. The number of carbonyl (C=O) groups excluding carboxylic acids is 1. The summed E-state index contributed by atoms with van der Waals surface area (Å²) in [6.45, 7) is 3.54. The summed E-state index contributed by atoms with van der Waals surface area (Å²) in [5, 5.41) is 3.34. The van der Waals surface area contributed by atoms with E-state index in [9.17, 15) is 13.2 Å². The number of amides is 1. The Morgan fingerprint density at radius 2 is 1.62 bits per heavy atom. The fourth-order valence-corrected chi connectivity index (χ4v) is 4.29. The first kappa shape index (κ1) is 21.0. The molecule has 5 nitrogen and oxygen atoms in total.